The molecule has 0 radical (unpaired) electrons. The van der Waals surface area contributed by atoms with Crippen molar-refractivity contribution in [3.63, 3.8) is 0 Å². The standard InChI is InChI=1S/C9H13NO2S2/c1-4-6-10(7-5-2)9(13)14-12-8(3)11/h4-5H,1-2,6-7H2,3H3. The number of rotatable bonds is 4. The minimum Gasteiger partial charge on any atom is -0.384 e. The molecule has 0 heterocycles. The van der Waals surface area contributed by atoms with E-state index in [1.165, 1.54) is 6.92 Å². The monoisotopic (exact) mass is 231 g/mol. The molecule has 14 heavy (non-hydrogen) atoms. The summed E-state index contributed by atoms with van der Waals surface area (Å²) in [6, 6.07) is 0. The fourth-order valence-corrected chi connectivity index (χ4v) is 1.38. The molecule has 0 unspecified atom stereocenters. The van der Waals surface area contributed by atoms with Crippen LogP contribution in [0.15, 0.2) is 25.3 Å². The highest BCUT2D eigenvalue weighted by Crippen LogP contribution is 2.11. The van der Waals surface area contributed by atoms with Gasteiger partial charge in [-0.3, -0.25) is 4.79 Å². The molecule has 0 aliphatic carbocycles. The smallest absolute Gasteiger partial charge is 0.315 e. The predicted molar refractivity (Wildman–Crippen MR) is 63.9 cm³/mol. The highest BCUT2D eigenvalue weighted by Gasteiger charge is 2.09. The second-order valence-electron chi connectivity index (χ2n) is 2.41. The maximum Gasteiger partial charge on any atom is 0.315 e. The molecule has 0 N–H and O–H groups in total. The lowest BCUT2D eigenvalue weighted by atomic mass is 10.5. The summed E-state index contributed by atoms with van der Waals surface area (Å²) in [5, 5.41) is 0. The summed E-state index contributed by atoms with van der Waals surface area (Å²) >= 11 is 5.93. The molecule has 5 heteroatoms. The second kappa shape index (κ2) is 7.58. The summed E-state index contributed by atoms with van der Waals surface area (Å²) in [5.74, 6) is -0.366. The van der Waals surface area contributed by atoms with Gasteiger partial charge in [-0.2, -0.15) is 0 Å². The summed E-state index contributed by atoms with van der Waals surface area (Å²) in [4.78, 5) is 12.3. The Bertz CT molecular complexity index is 231. The molecule has 0 rings (SSSR count). The van der Waals surface area contributed by atoms with Gasteiger partial charge >= 0.3 is 5.97 Å². The van der Waals surface area contributed by atoms with Crippen molar-refractivity contribution in [3.05, 3.63) is 25.3 Å². The zero-order valence-corrected chi connectivity index (χ0v) is 9.70. The molecule has 0 amide bonds. The molecule has 0 aromatic carbocycles. The van der Waals surface area contributed by atoms with Gasteiger partial charge in [0.25, 0.3) is 0 Å². The van der Waals surface area contributed by atoms with E-state index in [0.717, 1.165) is 12.0 Å². The summed E-state index contributed by atoms with van der Waals surface area (Å²) in [7, 11) is 0. The van der Waals surface area contributed by atoms with E-state index in [2.05, 4.69) is 13.2 Å². The van der Waals surface area contributed by atoms with Gasteiger partial charge in [-0.1, -0.05) is 12.2 Å². The van der Waals surface area contributed by atoms with Crippen molar-refractivity contribution in [1.29, 1.82) is 0 Å². The SMILES string of the molecule is C=CCN(CC=C)C(=S)SOC(C)=O. The van der Waals surface area contributed by atoms with E-state index in [9.17, 15) is 4.79 Å². The van der Waals surface area contributed by atoms with E-state index in [0.29, 0.717) is 17.4 Å². The Morgan fingerprint density at radius 3 is 2.36 bits per heavy atom. The Kier molecular flexibility index (Phi) is 7.14. The molecular formula is C9H13NO2S2. The van der Waals surface area contributed by atoms with Crippen LogP contribution in [0.2, 0.25) is 0 Å². The summed E-state index contributed by atoms with van der Waals surface area (Å²) in [5.41, 5.74) is 0. The molecule has 0 saturated heterocycles. The van der Waals surface area contributed by atoms with Crippen LogP contribution in [0.5, 0.6) is 0 Å². The van der Waals surface area contributed by atoms with Crippen LogP contribution >= 0.6 is 24.3 Å². The van der Waals surface area contributed by atoms with E-state index in [1.807, 2.05) is 4.90 Å². The van der Waals surface area contributed by atoms with Crippen molar-refractivity contribution in [2.75, 3.05) is 13.1 Å². The van der Waals surface area contributed by atoms with Crippen molar-refractivity contribution in [3.8, 4) is 0 Å². The molecule has 0 aliphatic rings. The molecule has 0 saturated carbocycles. The first-order valence-electron chi connectivity index (χ1n) is 3.97. The maximum absolute atomic E-state index is 10.5. The third kappa shape index (κ3) is 5.77. The lowest BCUT2D eigenvalue weighted by Crippen LogP contribution is -2.27. The van der Waals surface area contributed by atoms with Gasteiger partial charge in [0, 0.05) is 20.0 Å². The van der Waals surface area contributed by atoms with Gasteiger partial charge in [-0.25, -0.2) is 0 Å². The topological polar surface area (TPSA) is 29.5 Å². The second-order valence-corrected chi connectivity index (χ2v) is 3.77. The quantitative estimate of drug-likeness (QED) is 0.420. The first kappa shape index (κ1) is 13.2. The lowest BCUT2D eigenvalue weighted by molar-refractivity contribution is -0.130. The van der Waals surface area contributed by atoms with Crippen LogP contribution in [0.3, 0.4) is 0 Å². The zero-order chi connectivity index (χ0) is 11.0. The summed E-state index contributed by atoms with van der Waals surface area (Å²) < 4.78 is 5.20. The third-order valence-corrected chi connectivity index (χ3v) is 2.37. The van der Waals surface area contributed by atoms with Crippen LogP contribution < -0.4 is 0 Å². The Morgan fingerprint density at radius 1 is 1.50 bits per heavy atom. The van der Waals surface area contributed by atoms with E-state index in [1.54, 1.807) is 12.2 Å². The normalized spacial score (nSPS) is 8.93. The van der Waals surface area contributed by atoms with Crippen molar-refractivity contribution in [1.82, 2.24) is 4.90 Å². The lowest BCUT2D eigenvalue weighted by Gasteiger charge is -2.19. The Balaban J connectivity index is 4.06. The molecule has 0 fully saturated rings. The minimum absolute atomic E-state index is 0.366. The van der Waals surface area contributed by atoms with E-state index < -0.39 is 0 Å². The van der Waals surface area contributed by atoms with Gasteiger partial charge in [0.05, 0.1) is 0 Å². The van der Waals surface area contributed by atoms with Crippen molar-refractivity contribution in [2.45, 2.75) is 6.92 Å². The first-order valence-corrected chi connectivity index (χ1v) is 5.12. The van der Waals surface area contributed by atoms with Gasteiger partial charge in [-0.05, 0) is 12.2 Å². The van der Waals surface area contributed by atoms with Crippen molar-refractivity contribution >= 4 is 34.6 Å². The summed E-state index contributed by atoms with van der Waals surface area (Å²) in [6.07, 6.45) is 3.45. The maximum atomic E-state index is 10.5. The number of nitrogens with zero attached hydrogens (tertiary/aromatic N) is 1. The molecule has 0 aromatic rings. The Morgan fingerprint density at radius 2 is 2.00 bits per heavy atom. The van der Waals surface area contributed by atoms with E-state index in [4.69, 9.17) is 16.4 Å². The Labute approximate surface area is 94.0 Å². The molecule has 0 atom stereocenters. The predicted octanol–water partition coefficient (Wildman–Crippen LogP) is 2.16. The Hall–Kier alpha value is -0.810. The minimum atomic E-state index is -0.366. The number of hydrogen-bond donors (Lipinski definition) is 0. The fraction of sp³-hybridized carbons (Fsp3) is 0.333. The van der Waals surface area contributed by atoms with Crippen LogP contribution in [0, 0.1) is 0 Å². The molecule has 0 aliphatic heterocycles. The van der Waals surface area contributed by atoms with Crippen LogP contribution in [-0.2, 0) is 8.98 Å². The van der Waals surface area contributed by atoms with Crippen LogP contribution in [0.4, 0.5) is 0 Å². The molecule has 0 aromatic heterocycles. The molecule has 3 nitrogen and oxygen atoms in total. The number of carbonyl (C=O) groups excluding carboxylic acids is 1. The highest BCUT2D eigenvalue weighted by molar-refractivity contribution is 8.20. The molecule has 78 valence electrons. The average Bonchev–Trinajstić information content (AvgIpc) is 2.14. The number of hydrogen-bond acceptors (Lipinski definition) is 4. The zero-order valence-electron chi connectivity index (χ0n) is 8.06. The van der Waals surface area contributed by atoms with Gasteiger partial charge in [-0.15, -0.1) is 13.2 Å². The van der Waals surface area contributed by atoms with Crippen LogP contribution in [0.25, 0.3) is 0 Å². The molecular weight excluding hydrogens is 218 g/mol. The first-order chi connectivity index (χ1) is 6.61. The van der Waals surface area contributed by atoms with Gasteiger partial charge < -0.3 is 9.08 Å². The molecule has 0 bridgehead atoms. The highest BCUT2D eigenvalue weighted by atomic mass is 32.2. The van der Waals surface area contributed by atoms with Gasteiger partial charge in [0.1, 0.15) is 12.0 Å². The average molecular weight is 231 g/mol. The van der Waals surface area contributed by atoms with Crippen molar-refractivity contribution < 1.29 is 8.98 Å². The van der Waals surface area contributed by atoms with Crippen molar-refractivity contribution in [2.24, 2.45) is 0 Å². The molecule has 0 spiro atoms. The third-order valence-electron chi connectivity index (χ3n) is 1.19. The summed E-state index contributed by atoms with van der Waals surface area (Å²) in [6.45, 7) is 9.77. The van der Waals surface area contributed by atoms with E-state index >= 15 is 0 Å². The fourth-order valence-electron chi connectivity index (χ4n) is 0.682. The van der Waals surface area contributed by atoms with E-state index in [-0.39, 0.29) is 5.97 Å². The van der Waals surface area contributed by atoms with Gasteiger partial charge in [0.15, 0.2) is 4.32 Å². The largest absolute Gasteiger partial charge is 0.384 e. The van der Waals surface area contributed by atoms with Gasteiger partial charge in [0.2, 0.25) is 0 Å². The number of thiocarbonyl (C=S) groups is 1. The number of carbonyl (C=O) groups is 1. The van der Waals surface area contributed by atoms with Crippen LogP contribution in [-0.4, -0.2) is 28.3 Å². The van der Waals surface area contributed by atoms with Crippen LogP contribution in [0.1, 0.15) is 6.92 Å².